The van der Waals surface area contributed by atoms with Crippen LogP contribution in [0, 0.1) is 16.0 Å². The summed E-state index contributed by atoms with van der Waals surface area (Å²) in [6, 6.07) is 5.94. The van der Waals surface area contributed by atoms with E-state index in [1.165, 1.54) is 12.8 Å². The third kappa shape index (κ3) is 2.63. The van der Waals surface area contributed by atoms with Crippen LogP contribution in [0.2, 0.25) is 0 Å². The number of benzene rings is 1. The van der Waals surface area contributed by atoms with Gasteiger partial charge in [0.15, 0.2) is 0 Å². The Morgan fingerprint density at radius 3 is 2.78 bits per heavy atom. The van der Waals surface area contributed by atoms with Crippen molar-refractivity contribution in [2.75, 3.05) is 5.32 Å². The van der Waals surface area contributed by atoms with Crippen LogP contribution in [0.25, 0.3) is 0 Å². The van der Waals surface area contributed by atoms with Gasteiger partial charge in [-0.05, 0) is 31.2 Å². The maximum absolute atomic E-state index is 11.0. The number of aryl methyl sites for hydroxylation is 1. The number of nitro groups is 1. The molecule has 4 heteroatoms. The molecule has 0 heterocycles. The number of rotatable bonds is 4. The highest BCUT2D eigenvalue weighted by molar-refractivity contribution is 5.55. The lowest BCUT2D eigenvalue weighted by atomic mass is 10.1. The molecule has 1 aliphatic carbocycles. The monoisotopic (exact) mass is 248 g/mol. The molecule has 0 aromatic heterocycles. The number of hydrogen-bond donors (Lipinski definition) is 1. The number of nitrogens with zero attached hydrogens (tertiary/aromatic N) is 1. The van der Waals surface area contributed by atoms with Crippen LogP contribution in [0.3, 0.4) is 0 Å². The van der Waals surface area contributed by atoms with Gasteiger partial charge >= 0.3 is 0 Å². The van der Waals surface area contributed by atoms with Crippen molar-refractivity contribution < 1.29 is 4.92 Å². The summed E-state index contributed by atoms with van der Waals surface area (Å²) < 4.78 is 0. The maximum atomic E-state index is 11.0. The van der Waals surface area contributed by atoms with Crippen LogP contribution >= 0.6 is 0 Å². The van der Waals surface area contributed by atoms with Crippen molar-refractivity contribution >= 4 is 11.4 Å². The molecule has 1 aromatic rings. The molecule has 98 valence electrons. The fraction of sp³-hybridized carbons (Fsp3) is 0.571. The predicted molar refractivity (Wildman–Crippen MR) is 72.9 cm³/mol. The average molecular weight is 248 g/mol. The van der Waals surface area contributed by atoms with Crippen LogP contribution < -0.4 is 5.32 Å². The molecule has 0 saturated heterocycles. The van der Waals surface area contributed by atoms with E-state index in [1.54, 1.807) is 6.07 Å². The van der Waals surface area contributed by atoms with Crippen LogP contribution in [0.5, 0.6) is 0 Å². The molecule has 1 aromatic carbocycles. The van der Waals surface area contributed by atoms with E-state index in [9.17, 15) is 10.1 Å². The Kier molecular flexibility index (Phi) is 3.84. The Labute approximate surface area is 108 Å². The van der Waals surface area contributed by atoms with Gasteiger partial charge in [0.2, 0.25) is 0 Å². The van der Waals surface area contributed by atoms with Crippen molar-refractivity contribution in [2.24, 2.45) is 5.92 Å². The van der Waals surface area contributed by atoms with Crippen molar-refractivity contribution in [3.63, 3.8) is 0 Å². The molecule has 1 N–H and O–H groups in total. The number of nitro benzene ring substituents is 1. The highest BCUT2D eigenvalue weighted by atomic mass is 16.6. The van der Waals surface area contributed by atoms with Crippen molar-refractivity contribution in [3.8, 4) is 0 Å². The normalized spacial score (nSPS) is 23.0. The zero-order valence-corrected chi connectivity index (χ0v) is 11.0. The number of nitrogens with one attached hydrogen (secondary N) is 1. The van der Waals surface area contributed by atoms with Crippen molar-refractivity contribution in [3.05, 3.63) is 33.9 Å². The van der Waals surface area contributed by atoms with Crippen LogP contribution in [-0.2, 0) is 6.42 Å². The third-order valence-corrected chi connectivity index (χ3v) is 3.88. The molecule has 2 unspecified atom stereocenters. The van der Waals surface area contributed by atoms with Crippen LogP contribution in [0.15, 0.2) is 18.2 Å². The molecule has 0 spiro atoms. The standard InChI is InChI=1S/C14H20N2O2/c1-3-11-7-8-12(9-14(11)16(17)18)15-13-6-4-5-10(13)2/h7-10,13,15H,3-6H2,1-2H3. The smallest absolute Gasteiger partial charge is 0.274 e. The van der Waals surface area contributed by atoms with E-state index in [1.807, 2.05) is 19.1 Å². The second-order valence-electron chi connectivity index (χ2n) is 5.11. The van der Waals surface area contributed by atoms with Gasteiger partial charge in [0.1, 0.15) is 0 Å². The zero-order valence-electron chi connectivity index (χ0n) is 11.0. The van der Waals surface area contributed by atoms with Gasteiger partial charge in [-0.1, -0.05) is 26.3 Å². The van der Waals surface area contributed by atoms with Crippen LogP contribution in [0.1, 0.15) is 38.7 Å². The lowest BCUT2D eigenvalue weighted by Gasteiger charge is -2.18. The molecule has 0 aliphatic heterocycles. The molecule has 1 saturated carbocycles. The maximum Gasteiger partial charge on any atom is 0.274 e. The molecule has 4 nitrogen and oxygen atoms in total. The minimum atomic E-state index is -0.290. The highest BCUT2D eigenvalue weighted by Gasteiger charge is 2.23. The minimum Gasteiger partial charge on any atom is -0.382 e. The van der Waals surface area contributed by atoms with E-state index >= 15 is 0 Å². The summed E-state index contributed by atoms with van der Waals surface area (Å²) in [5.41, 5.74) is 1.90. The molecular formula is C14H20N2O2. The molecule has 2 rings (SSSR count). The Bertz CT molecular complexity index is 445. The summed E-state index contributed by atoms with van der Waals surface area (Å²) in [5, 5.41) is 14.4. The Balaban J connectivity index is 2.18. The van der Waals surface area contributed by atoms with E-state index in [0.717, 1.165) is 17.7 Å². The third-order valence-electron chi connectivity index (χ3n) is 3.88. The lowest BCUT2D eigenvalue weighted by molar-refractivity contribution is -0.385. The van der Waals surface area contributed by atoms with Gasteiger partial charge in [0, 0.05) is 23.4 Å². The van der Waals surface area contributed by atoms with Gasteiger partial charge in [-0.15, -0.1) is 0 Å². The average Bonchev–Trinajstić information content (AvgIpc) is 2.75. The first kappa shape index (κ1) is 12.9. The second kappa shape index (κ2) is 5.38. The first-order valence-electron chi connectivity index (χ1n) is 6.65. The zero-order chi connectivity index (χ0) is 13.1. The fourth-order valence-corrected chi connectivity index (χ4v) is 2.70. The van der Waals surface area contributed by atoms with E-state index < -0.39 is 0 Å². The summed E-state index contributed by atoms with van der Waals surface area (Å²) in [6.45, 7) is 4.17. The van der Waals surface area contributed by atoms with Gasteiger partial charge in [-0.25, -0.2) is 0 Å². The summed E-state index contributed by atoms with van der Waals surface area (Å²) >= 11 is 0. The SMILES string of the molecule is CCc1ccc(NC2CCCC2C)cc1[N+](=O)[O-]. The minimum absolute atomic E-state index is 0.230. The van der Waals surface area contributed by atoms with Crippen LogP contribution in [-0.4, -0.2) is 11.0 Å². The molecule has 0 radical (unpaired) electrons. The Hall–Kier alpha value is -1.58. The first-order chi connectivity index (χ1) is 8.61. The number of hydrogen-bond acceptors (Lipinski definition) is 3. The fourth-order valence-electron chi connectivity index (χ4n) is 2.70. The van der Waals surface area contributed by atoms with E-state index in [0.29, 0.717) is 18.4 Å². The Morgan fingerprint density at radius 1 is 1.44 bits per heavy atom. The van der Waals surface area contributed by atoms with Gasteiger partial charge in [0.05, 0.1) is 4.92 Å². The highest BCUT2D eigenvalue weighted by Crippen LogP contribution is 2.30. The molecular weight excluding hydrogens is 228 g/mol. The topological polar surface area (TPSA) is 55.2 Å². The summed E-state index contributed by atoms with van der Waals surface area (Å²) in [7, 11) is 0. The van der Waals surface area contributed by atoms with E-state index in [2.05, 4.69) is 12.2 Å². The van der Waals surface area contributed by atoms with Crippen molar-refractivity contribution in [1.29, 1.82) is 0 Å². The summed E-state index contributed by atoms with van der Waals surface area (Å²) in [6.07, 6.45) is 4.34. The molecule has 1 aliphatic rings. The van der Waals surface area contributed by atoms with Gasteiger partial charge in [0.25, 0.3) is 5.69 Å². The Morgan fingerprint density at radius 2 is 2.22 bits per heavy atom. The van der Waals surface area contributed by atoms with Gasteiger partial charge < -0.3 is 5.32 Å². The molecule has 0 bridgehead atoms. The molecule has 0 amide bonds. The van der Waals surface area contributed by atoms with Gasteiger partial charge in [-0.3, -0.25) is 10.1 Å². The van der Waals surface area contributed by atoms with Crippen molar-refractivity contribution in [2.45, 2.75) is 45.6 Å². The number of anilines is 1. The summed E-state index contributed by atoms with van der Waals surface area (Å²) in [4.78, 5) is 10.7. The van der Waals surface area contributed by atoms with E-state index in [4.69, 9.17) is 0 Å². The summed E-state index contributed by atoms with van der Waals surface area (Å²) in [5.74, 6) is 0.648. The molecule has 2 atom stereocenters. The second-order valence-corrected chi connectivity index (χ2v) is 5.11. The lowest BCUT2D eigenvalue weighted by Crippen LogP contribution is -2.21. The van der Waals surface area contributed by atoms with Crippen molar-refractivity contribution in [1.82, 2.24) is 0 Å². The van der Waals surface area contributed by atoms with Gasteiger partial charge in [-0.2, -0.15) is 0 Å². The largest absolute Gasteiger partial charge is 0.382 e. The van der Waals surface area contributed by atoms with E-state index in [-0.39, 0.29) is 10.6 Å². The quantitative estimate of drug-likeness (QED) is 0.652. The van der Waals surface area contributed by atoms with Crippen LogP contribution in [0.4, 0.5) is 11.4 Å². The molecule has 1 fully saturated rings. The first-order valence-corrected chi connectivity index (χ1v) is 6.65. The predicted octanol–water partition coefficient (Wildman–Crippen LogP) is 3.76. The molecule has 18 heavy (non-hydrogen) atoms.